The molecule has 0 radical (unpaired) electrons. The highest BCUT2D eigenvalue weighted by Crippen LogP contribution is 2.22. The van der Waals surface area contributed by atoms with Gasteiger partial charge in [0.25, 0.3) is 5.91 Å². The number of hydrogen-bond donors (Lipinski definition) is 4. The number of rotatable bonds is 8. The van der Waals surface area contributed by atoms with Crippen LogP contribution in [0.5, 0.6) is 0 Å². The molecular weight excluding hydrogens is 482 g/mol. The lowest BCUT2D eigenvalue weighted by Crippen LogP contribution is -2.28. The standard InChI is InChI=1S/C20H24N8O.C7H13NO/c1-12-18(8-14(23-2)11-25-12)27-20(29)19(28-22)17-6-5-13(10-26-17)15(9-21)16-4-3-7-24-16;1-7-3-2-4-8(7)5-6-9/h5-6,8-11,23H,3-4,7,21-22H2,1-2H3,(H,27,29);6-7H,2-5H2,1H3/b15-9-,28-19+;. The van der Waals surface area contributed by atoms with Gasteiger partial charge in [-0.05, 0) is 58.2 Å². The molecule has 2 aliphatic rings. The van der Waals surface area contributed by atoms with Gasteiger partial charge in [0.1, 0.15) is 6.29 Å². The van der Waals surface area contributed by atoms with E-state index in [4.69, 9.17) is 11.6 Å². The van der Waals surface area contributed by atoms with Crippen molar-refractivity contribution in [2.45, 2.75) is 45.6 Å². The minimum Gasteiger partial charge on any atom is -0.404 e. The Morgan fingerprint density at radius 2 is 2.08 bits per heavy atom. The first-order chi connectivity index (χ1) is 18.4. The van der Waals surface area contributed by atoms with E-state index >= 15 is 0 Å². The molecule has 6 N–H and O–H groups in total. The Morgan fingerprint density at radius 3 is 2.63 bits per heavy atom. The number of allylic oxidation sites excluding steroid dienone is 1. The number of aldehydes is 1. The first kappa shape index (κ1) is 28.5. The van der Waals surface area contributed by atoms with Crippen molar-refractivity contribution in [1.82, 2.24) is 14.9 Å². The Balaban J connectivity index is 0.000000375. The third-order valence-electron chi connectivity index (χ3n) is 6.64. The molecule has 0 bridgehead atoms. The molecule has 0 aliphatic carbocycles. The Labute approximate surface area is 223 Å². The second-order valence-electron chi connectivity index (χ2n) is 9.14. The SMILES string of the molecule is CC1CCCN1CC=O.CNc1cnc(C)c(NC(=O)/C(=N/N)c2ccc(/C(=C/N)C3=NCCC3)cn2)c1. The summed E-state index contributed by atoms with van der Waals surface area (Å²) >= 11 is 0. The van der Waals surface area contributed by atoms with Crippen LogP contribution in [0.1, 0.15) is 49.6 Å². The lowest BCUT2D eigenvalue weighted by Gasteiger charge is -2.16. The molecule has 0 saturated carbocycles. The number of nitrogens with zero attached hydrogens (tertiary/aromatic N) is 5. The average Bonchev–Trinajstić information content (AvgIpc) is 3.60. The van der Waals surface area contributed by atoms with Crippen LogP contribution in [0.2, 0.25) is 0 Å². The molecule has 4 rings (SSSR count). The number of likely N-dealkylation sites (tertiary alicyclic amines) is 1. The number of nitrogens with one attached hydrogen (secondary N) is 2. The maximum absolute atomic E-state index is 12.7. The number of amides is 1. The Hall–Kier alpha value is -4.12. The van der Waals surface area contributed by atoms with Gasteiger partial charge in [-0.1, -0.05) is 6.07 Å². The Bertz CT molecular complexity index is 1210. The smallest absolute Gasteiger partial charge is 0.278 e. The van der Waals surface area contributed by atoms with E-state index in [1.165, 1.54) is 19.0 Å². The fourth-order valence-corrected chi connectivity index (χ4v) is 4.39. The number of hydrazone groups is 1. The number of aliphatic imine (C=N–C) groups is 1. The average molecular weight is 520 g/mol. The molecule has 38 heavy (non-hydrogen) atoms. The Kier molecular flexibility index (Phi) is 10.5. The minimum absolute atomic E-state index is 0.0160. The minimum atomic E-state index is -0.472. The van der Waals surface area contributed by atoms with Crippen molar-refractivity contribution in [3.05, 3.63) is 53.7 Å². The van der Waals surface area contributed by atoms with Gasteiger partial charge in [0.15, 0.2) is 5.71 Å². The van der Waals surface area contributed by atoms with Gasteiger partial charge < -0.3 is 27.0 Å². The van der Waals surface area contributed by atoms with E-state index < -0.39 is 5.91 Å². The summed E-state index contributed by atoms with van der Waals surface area (Å²) in [6.07, 6.45) is 10.3. The van der Waals surface area contributed by atoms with Crippen molar-refractivity contribution in [3.63, 3.8) is 0 Å². The monoisotopic (exact) mass is 519 g/mol. The number of anilines is 2. The number of aryl methyl sites for hydroxylation is 1. The highest BCUT2D eigenvalue weighted by Gasteiger charge is 2.20. The number of hydrogen-bond acceptors (Lipinski definition) is 10. The van der Waals surface area contributed by atoms with Gasteiger partial charge in [0.2, 0.25) is 0 Å². The fourth-order valence-electron chi connectivity index (χ4n) is 4.39. The summed E-state index contributed by atoms with van der Waals surface area (Å²) in [6, 6.07) is 5.94. The lowest BCUT2D eigenvalue weighted by atomic mass is 10.0. The molecule has 0 spiro atoms. The van der Waals surface area contributed by atoms with Crippen molar-refractivity contribution in [2.24, 2.45) is 21.7 Å². The zero-order valence-electron chi connectivity index (χ0n) is 22.3. The predicted octanol–water partition coefficient (Wildman–Crippen LogP) is 2.33. The number of carbonyl (C=O) groups is 2. The van der Waals surface area contributed by atoms with Crippen molar-refractivity contribution in [1.29, 1.82) is 0 Å². The molecule has 1 fully saturated rings. The van der Waals surface area contributed by atoms with E-state index in [0.29, 0.717) is 29.7 Å². The maximum Gasteiger partial charge on any atom is 0.278 e. The van der Waals surface area contributed by atoms with E-state index in [1.54, 1.807) is 38.5 Å². The van der Waals surface area contributed by atoms with Crippen LogP contribution >= 0.6 is 0 Å². The number of pyridine rings is 2. The normalized spacial score (nSPS) is 17.9. The zero-order chi connectivity index (χ0) is 27.5. The summed E-state index contributed by atoms with van der Waals surface area (Å²) in [5.74, 6) is 5.01. The molecular formula is C27H37N9O2. The number of aromatic nitrogens is 2. The summed E-state index contributed by atoms with van der Waals surface area (Å²) in [6.45, 7) is 6.52. The van der Waals surface area contributed by atoms with E-state index in [-0.39, 0.29) is 5.71 Å². The quantitative estimate of drug-likeness (QED) is 0.179. The summed E-state index contributed by atoms with van der Waals surface area (Å²) < 4.78 is 0. The first-order valence-corrected chi connectivity index (χ1v) is 12.8. The van der Waals surface area contributed by atoms with Crippen LogP contribution in [0, 0.1) is 6.92 Å². The van der Waals surface area contributed by atoms with Crippen LogP contribution < -0.4 is 22.2 Å². The maximum atomic E-state index is 12.7. The van der Waals surface area contributed by atoms with Crippen LogP contribution in [0.25, 0.3) is 5.57 Å². The summed E-state index contributed by atoms with van der Waals surface area (Å²) in [7, 11) is 1.78. The highest BCUT2D eigenvalue weighted by molar-refractivity contribution is 6.48. The molecule has 1 unspecified atom stereocenters. The molecule has 11 nitrogen and oxygen atoms in total. The predicted molar refractivity (Wildman–Crippen MR) is 152 cm³/mol. The number of nitrogens with two attached hydrogens (primary N) is 2. The summed E-state index contributed by atoms with van der Waals surface area (Å²) in [5, 5.41) is 9.41. The summed E-state index contributed by atoms with van der Waals surface area (Å²) in [5.41, 5.74) is 10.8. The van der Waals surface area contributed by atoms with Gasteiger partial charge >= 0.3 is 0 Å². The van der Waals surface area contributed by atoms with Gasteiger partial charge in [-0.3, -0.25) is 24.7 Å². The molecule has 4 heterocycles. The molecule has 2 aromatic heterocycles. The van der Waals surface area contributed by atoms with Crippen LogP contribution in [-0.2, 0) is 9.59 Å². The van der Waals surface area contributed by atoms with Crippen LogP contribution in [0.15, 0.2) is 46.9 Å². The van der Waals surface area contributed by atoms with Gasteiger partial charge in [-0.2, -0.15) is 5.10 Å². The van der Waals surface area contributed by atoms with E-state index in [2.05, 4.69) is 42.5 Å². The van der Waals surface area contributed by atoms with Crippen LogP contribution in [-0.4, -0.2) is 71.2 Å². The van der Waals surface area contributed by atoms with E-state index in [9.17, 15) is 9.59 Å². The van der Waals surface area contributed by atoms with Crippen molar-refractivity contribution >= 4 is 40.6 Å². The second kappa shape index (κ2) is 14.0. The van der Waals surface area contributed by atoms with Crippen molar-refractivity contribution < 1.29 is 9.59 Å². The summed E-state index contributed by atoms with van der Waals surface area (Å²) in [4.78, 5) is 38.1. The van der Waals surface area contributed by atoms with E-state index in [1.807, 2.05) is 6.07 Å². The molecule has 2 aromatic rings. The molecule has 2 aliphatic heterocycles. The molecule has 1 amide bonds. The van der Waals surface area contributed by atoms with Gasteiger partial charge in [0, 0.05) is 48.9 Å². The topological polar surface area (TPSA) is 164 Å². The fraction of sp³-hybridized carbons (Fsp3) is 0.407. The largest absolute Gasteiger partial charge is 0.404 e. The molecule has 1 atom stereocenters. The molecule has 1 saturated heterocycles. The third-order valence-corrected chi connectivity index (χ3v) is 6.64. The van der Waals surface area contributed by atoms with Crippen molar-refractivity contribution in [2.75, 3.05) is 37.3 Å². The third kappa shape index (κ3) is 7.22. The zero-order valence-corrected chi connectivity index (χ0v) is 22.3. The molecule has 202 valence electrons. The van der Waals surface area contributed by atoms with Gasteiger partial charge in [-0.25, -0.2) is 0 Å². The van der Waals surface area contributed by atoms with Crippen LogP contribution in [0.4, 0.5) is 11.4 Å². The van der Waals surface area contributed by atoms with Crippen LogP contribution in [0.3, 0.4) is 0 Å². The van der Waals surface area contributed by atoms with Crippen molar-refractivity contribution in [3.8, 4) is 0 Å². The van der Waals surface area contributed by atoms with E-state index in [0.717, 1.165) is 54.8 Å². The second-order valence-corrected chi connectivity index (χ2v) is 9.14. The Morgan fingerprint density at radius 1 is 1.26 bits per heavy atom. The number of carbonyl (C=O) groups excluding carboxylic acids is 2. The highest BCUT2D eigenvalue weighted by atomic mass is 16.2. The molecule has 11 heteroatoms. The van der Waals surface area contributed by atoms with Gasteiger partial charge in [0.05, 0.1) is 35.5 Å². The van der Waals surface area contributed by atoms with Gasteiger partial charge in [-0.15, -0.1) is 0 Å². The first-order valence-electron chi connectivity index (χ1n) is 12.8. The molecule has 0 aromatic carbocycles. The lowest BCUT2D eigenvalue weighted by molar-refractivity contribution is -0.110.